The van der Waals surface area contributed by atoms with Crippen LogP contribution in [0.15, 0.2) is 48.5 Å². The second-order valence-electron chi connectivity index (χ2n) is 4.97. The number of carbonyl (C=O) groups excluding carboxylic acids is 1. The standard InChI is InChI=1S/C17H21N3O/c1-3-20(16-10-5-4-7-13(16)2)12-17(21)19-15-9-6-8-14(18)11-15/h4-11H,3,12,18H2,1-2H3,(H,19,21). The van der Waals surface area contributed by atoms with Gasteiger partial charge in [-0.15, -0.1) is 0 Å². The molecule has 2 aromatic rings. The number of benzene rings is 2. The van der Waals surface area contributed by atoms with Crippen LogP contribution in [0.25, 0.3) is 0 Å². The van der Waals surface area contributed by atoms with Gasteiger partial charge in [-0.2, -0.15) is 0 Å². The number of nitrogens with zero attached hydrogens (tertiary/aromatic N) is 1. The van der Waals surface area contributed by atoms with Crippen LogP contribution in [0.1, 0.15) is 12.5 Å². The molecule has 0 aliphatic rings. The number of carbonyl (C=O) groups is 1. The molecule has 0 spiro atoms. The molecule has 3 N–H and O–H groups in total. The number of hydrogen-bond acceptors (Lipinski definition) is 3. The molecule has 2 aromatic carbocycles. The van der Waals surface area contributed by atoms with E-state index in [1.54, 1.807) is 12.1 Å². The van der Waals surface area contributed by atoms with E-state index in [2.05, 4.69) is 10.2 Å². The maximum absolute atomic E-state index is 12.2. The monoisotopic (exact) mass is 283 g/mol. The van der Waals surface area contributed by atoms with Crippen LogP contribution >= 0.6 is 0 Å². The average molecular weight is 283 g/mol. The smallest absolute Gasteiger partial charge is 0.243 e. The van der Waals surface area contributed by atoms with Gasteiger partial charge in [-0.25, -0.2) is 0 Å². The minimum absolute atomic E-state index is 0.0503. The van der Waals surface area contributed by atoms with Crippen molar-refractivity contribution in [3.05, 3.63) is 54.1 Å². The minimum atomic E-state index is -0.0503. The summed E-state index contributed by atoms with van der Waals surface area (Å²) in [6.07, 6.45) is 0. The molecule has 0 radical (unpaired) electrons. The van der Waals surface area contributed by atoms with Gasteiger partial charge < -0.3 is 16.0 Å². The van der Waals surface area contributed by atoms with E-state index < -0.39 is 0 Å². The largest absolute Gasteiger partial charge is 0.399 e. The zero-order valence-electron chi connectivity index (χ0n) is 12.5. The molecule has 0 heterocycles. The number of nitrogen functional groups attached to an aromatic ring is 1. The molecule has 0 aliphatic carbocycles. The van der Waals surface area contributed by atoms with Crippen molar-refractivity contribution in [2.75, 3.05) is 29.0 Å². The lowest BCUT2D eigenvalue weighted by atomic mass is 10.2. The SMILES string of the molecule is CCN(CC(=O)Nc1cccc(N)c1)c1ccccc1C. The average Bonchev–Trinajstić information content (AvgIpc) is 2.45. The molecule has 0 unspecified atom stereocenters. The van der Waals surface area contributed by atoms with Crippen LogP contribution in [-0.4, -0.2) is 19.0 Å². The van der Waals surface area contributed by atoms with Crippen LogP contribution in [0.4, 0.5) is 17.1 Å². The number of amides is 1. The number of hydrogen-bond donors (Lipinski definition) is 2. The second-order valence-corrected chi connectivity index (χ2v) is 4.97. The Balaban J connectivity index is 2.05. The lowest BCUT2D eigenvalue weighted by molar-refractivity contribution is -0.115. The molecule has 2 rings (SSSR count). The summed E-state index contributed by atoms with van der Waals surface area (Å²) in [6.45, 7) is 5.18. The molecule has 0 atom stereocenters. The van der Waals surface area contributed by atoms with Crippen molar-refractivity contribution in [3.63, 3.8) is 0 Å². The van der Waals surface area contributed by atoms with Crippen LogP contribution < -0.4 is 16.0 Å². The number of aryl methyl sites for hydroxylation is 1. The van der Waals surface area contributed by atoms with Crippen LogP contribution in [0.5, 0.6) is 0 Å². The van der Waals surface area contributed by atoms with Gasteiger partial charge in [0.05, 0.1) is 6.54 Å². The summed E-state index contributed by atoms with van der Waals surface area (Å²) in [5, 5.41) is 2.88. The van der Waals surface area contributed by atoms with Crippen molar-refractivity contribution in [3.8, 4) is 0 Å². The molecule has 0 aromatic heterocycles. The quantitative estimate of drug-likeness (QED) is 0.829. The molecule has 4 nitrogen and oxygen atoms in total. The fourth-order valence-electron chi connectivity index (χ4n) is 2.28. The Kier molecular flexibility index (Phi) is 4.82. The highest BCUT2D eigenvalue weighted by molar-refractivity contribution is 5.94. The molecule has 0 bridgehead atoms. The summed E-state index contributed by atoms with van der Waals surface area (Å²) in [5.41, 5.74) is 9.32. The Morgan fingerprint density at radius 1 is 1.19 bits per heavy atom. The van der Waals surface area contributed by atoms with Crippen molar-refractivity contribution in [1.82, 2.24) is 0 Å². The third-order valence-electron chi connectivity index (χ3n) is 3.34. The van der Waals surface area contributed by atoms with Crippen molar-refractivity contribution < 1.29 is 4.79 Å². The summed E-state index contributed by atoms with van der Waals surface area (Å²) in [5.74, 6) is -0.0503. The van der Waals surface area contributed by atoms with Crippen molar-refractivity contribution in [2.24, 2.45) is 0 Å². The molecule has 110 valence electrons. The first kappa shape index (κ1) is 14.9. The van der Waals surface area contributed by atoms with Gasteiger partial charge in [0, 0.05) is 23.6 Å². The van der Waals surface area contributed by atoms with Gasteiger partial charge in [-0.05, 0) is 43.7 Å². The fourth-order valence-corrected chi connectivity index (χ4v) is 2.28. The normalized spacial score (nSPS) is 10.2. The van der Waals surface area contributed by atoms with E-state index in [-0.39, 0.29) is 5.91 Å². The van der Waals surface area contributed by atoms with Gasteiger partial charge in [0.25, 0.3) is 0 Å². The van der Waals surface area contributed by atoms with E-state index in [4.69, 9.17) is 5.73 Å². The van der Waals surface area contributed by atoms with E-state index in [1.165, 1.54) is 0 Å². The fraction of sp³-hybridized carbons (Fsp3) is 0.235. The van der Waals surface area contributed by atoms with E-state index in [0.29, 0.717) is 12.2 Å². The maximum Gasteiger partial charge on any atom is 0.243 e. The molecular weight excluding hydrogens is 262 g/mol. The summed E-state index contributed by atoms with van der Waals surface area (Å²) < 4.78 is 0. The first-order valence-corrected chi connectivity index (χ1v) is 7.06. The van der Waals surface area contributed by atoms with E-state index in [1.807, 2.05) is 50.2 Å². The number of rotatable bonds is 5. The molecule has 21 heavy (non-hydrogen) atoms. The van der Waals surface area contributed by atoms with Crippen LogP contribution in [0.2, 0.25) is 0 Å². The third kappa shape index (κ3) is 3.99. The lowest BCUT2D eigenvalue weighted by Crippen LogP contribution is -2.33. The Labute approximate surface area is 125 Å². The number of likely N-dealkylation sites (N-methyl/N-ethyl adjacent to an activating group) is 1. The van der Waals surface area contributed by atoms with Crippen molar-refractivity contribution in [2.45, 2.75) is 13.8 Å². The Morgan fingerprint density at radius 2 is 1.95 bits per heavy atom. The van der Waals surface area contributed by atoms with Crippen LogP contribution in [-0.2, 0) is 4.79 Å². The molecule has 0 fully saturated rings. The van der Waals surface area contributed by atoms with Gasteiger partial charge in [0.1, 0.15) is 0 Å². The first-order chi connectivity index (χ1) is 10.1. The van der Waals surface area contributed by atoms with Gasteiger partial charge in [0.2, 0.25) is 5.91 Å². The number of nitrogens with one attached hydrogen (secondary N) is 1. The summed E-state index contributed by atoms with van der Waals surface area (Å²) in [7, 11) is 0. The van der Waals surface area contributed by atoms with Crippen LogP contribution in [0, 0.1) is 6.92 Å². The van der Waals surface area contributed by atoms with Crippen LogP contribution in [0.3, 0.4) is 0 Å². The summed E-state index contributed by atoms with van der Waals surface area (Å²) in [6, 6.07) is 15.3. The highest BCUT2D eigenvalue weighted by Crippen LogP contribution is 2.19. The zero-order chi connectivity index (χ0) is 15.2. The van der Waals surface area contributed by atoms with Crippen molar-refractivity contribution in [1.29, 1.82) is 0 Å². The molecule has 0 saturated carbocycles. The Bertz CT molecular complexity index is 625. The maximum atomic E-state index is 12.2. The van der Waals surface area contributed by atoms with Gasteiger partial charge >= 0.3 is 0 Å². The molecular formula is C17H21N3O. The highest BCUT2D eigenvalue weighted by Gasteiger charge is 2.11. The lowest BCUT2D eigenvalue weighted by Gasteiger charge is -2.24. The van der Waals surface area contributed by atoms with E-state index >= 15 is 0 Å². The third-order valence-corrected chi connectivity index (χ3v) is 3.34. The molecule has 1 amide bonds. The summed E-state index contributed by atoms with van der Waals surface area (Å²) >= 11 is 0. The Hall–Kier alpha value is -2.49. The number of para-hydroxylation sites is 1. The topological polar surface area (TPSA) is 58.4 Å². The second kappa shape index (κ2) is 6.79. The predicted octanol–water partition coefficient (Wildman–Crippen LogP) is 3.04. The van der Waals surface area contributed by atoms with Gasteiger partial charge in [-0.3, -0.25) is 4.79 Å². The van der Waals surface area contributed by atoms with Crippen molar-refractivity contribution >= 4 is 23.0 Å². The zero-order valence-corrected chi connectivity index (χ0v) is 12.5. The summed E-state index contributed by atoms with van der Waals surface area (Å²) in [4.78, 5) is 14.2. The molecule has 0 saturated heterocycles. The number of anilines is 3. The van der Waals surface area contributed by atoms with E-state index in [9.17, 15) is 4.79 Å². The molecule has 4 heteroatoms. The Morgan fingerprint density at radius 3 is 2.62 bits per heavy atom. The van der Waals surface area contributed by atoms with Gasteiger partial charge in [-0.1, -0.05) is 24.3 Å². The van der Waals surface area contributed by atoms with E-state index in [0.717, 1.165) is 23.5 Å². The first-order valence-electron chi connectivity index (χ1n) is 7.06. The minimum Gasteiger partial charge on any atom is -0.399 e. The predicted molar refractivity (Wildman–Crippen MR) is 88.6 cm³/mol. The number of nitrogens with two attached hydrogens (primary N) is 1. The van der Waals surface area contributed by atoms with Gasteiger partial charge in [0.15, 0.2) is 0 Å². The highest BCUT2D eigenvalue weighted by atomic mass is 16.2. The molecule has 0 aliphatic heterocycles.